The van der Waals surface area contributed by atoms with Crippen LogP contribution in [0.4, 0.5) is 5.69 Å². The first-order chi connectivity index (χ1) is 8.81. The quantitative estimate of drug-likeness (QED) is 0.618. The average molecular weight is 273 g/mol. The van der Waals surface area contributed by atoms with E-state index < -0.39 is 10.8 Å². The van der Waals surface area contributed by atoms with Gasteiger partial charge in [-0.1, -0.05) is 42.5 Å². The van der Waals surface area contributed by atoms with Gasteiger partial charge in [-0.2, -0.15) is 0 Å². The maximum absolute atomic E-state index is 12.0. The molecule has 0 saturated carbocycles. The Kier molecular flexibility index (Phi) is 4.57. The van der Waals surface area contributed by atoms with Crippen molar-refractivity contribution in [2.24, 2.45) is 0 Å². The molecular weight excluding hydrogens is 262 g/mol. The predicted octanol–water partition coefficient (Wildman–Crippen LogP) is 4.09. The largest absolute Gasteiger partial charge is 0.253 e. The summed E-state index contributed by atoms with van der Waals surface area (Å²) >= 11 is 1.46. The van der Waals surface area contributed by atoms with Gasteiger partial charge in [0.15, 0.2) is 0 Å². The van der Waals surface area contributed by atoms with Crippen LogP contribution in [0, 0.1) is 6.57 Å². The highest BCUT2D eigenvalue weighted by Gasteiger charge is 2.06. The van der Waals surface area contributed by atoms with Crippen molar-refractivity contribution in [1.82, 2.24) is 0 Å². The van der Waals surface area contributed by atoms with E-state index in [0.717, 1.165) is 9.79 Å². The summed E-state index contributed by atoms with van der Waals surface area (Å²) in [7, 11) is -1.03. The smallest absolute Gasteiger partial charge is 0.200 e. The third kappa shape index (κ3) is 3.22. The van der Waals surface area contributed by atoms with Crippen molar-refractivity contribution in [3.05, 3.63) is 66.0 Å². The number of nitrogens with zero attached hydrogens (tertiary/aromatic N) is 1. The molecule has 4 heteroatoms. The van der Waals surface area contributed by atoms with Crippen molar-refractivity contribution < 1.29 is 4.21 Å². The number of benzene rings is 2. The van der Waals surface area contributed by atoms with E-state index in [1.165, 1.54) is 11.8 Å². The summed E-state index contributed by atoms with van der Waals surface area (Å²) in [6, 6.07) is 16.8. The van der Waals surface area contributed by atoms with E-state index in [4.69, 9.17) is 6.57 Å². The summed E-state index contributed by atoms with van der Waals surface area (Å²) in [5.74, 6) is 0. The van der Waals surface area contributed by atoms with Crippen LogP contribution in [-0.4, -0.2) is 9.29 Å². The van der Waals surface area contributed by atoms with E-state index >= 15 is 0 Å². The maximum atomic E-state index is 12.0. The second kappa shape index (κ2) is 6.39. The van der Waals surface area contributed by atoms with Crippen LogP contribution in [0.2, 0.25) is 0 Å². The first-order valence-corrected chi connectivity index (χ1v) is 7.64. The number of hydrogen-bond acceptors (Lipinski definition) is 2. The van der Waals surface area contributed by atoms with Crippen LogP contribution in [-0.2, 0) is 10.8 Å². The molecule has 1 unspecified atom stereocenters. The molecule has 2 nitrogen and oxygen atoms in total. The fraction of sp³-hybridized carbons (Fsp3) is 0.0714. The second-order valence-electron chi connectivity index (χ2n) is 3.50. The van der Waals surface area contributed by atoms with E-state index in [1.54, 1.807) is 6.07 Å². The van der Waals surface area contributed by atoms with E-state index in [-0.39, 0.29) is 0 Å². The van der Waals surface area contributed by atoms with E-state index in [0.29, 0.717) is 10.8 Å². The average Bonchev–Trinajstić information content (AvgIpc) is 2.46. The summed E-state index contributed by atoms with van der Waals surface area (Å²) < 4.78 is 12.0. The maximum Gasteiger partial charge on any atom is 0.200 e. The molecule has 0 radical (unpaired) electrons. The van der Waals surface area contributed by atoms with E-state index in [2.05, 4.69) is 4.85 Å². The van der Waals surface area contributed by atoms with Crippen LogP contribution in [0.3, 0.4) is 0 Å². The van der Waals surface area contributed by atoms with Crippen molar-refractivity contribution in [3.63, 3.8) is 0 Å². The van der Waals surface area contributed by atoms with Crippen LogP contribution in [0.1, 0.15) is 0 Å². The van der Waals surface area contributed by atoms with Crippen molar-refractivity contribution >= 4 is 28.2 Å². The van der Waals surface area contributed by atoms with Crippen LogP contribution < -0.4 is 0 Å². The molecule has 18 heavy (non-hydrogen) atoms. The highest BCUT2D eigenvalue weighted by Crippen LogP contribution is 2.30. The van der Waals surface area contributed by atoms with Gasteiger partial charge in [-0.3, -0.25) is 4.21 Å². The van der Waals surface area contributed by atoms with Crippen molar-refractivity contribution in [3.8, 4) is 0 Å². The normalized spacial score (nSPS) is 11.7. The Balaban J connectivity index is 2.05. The Bertz CT molecular complexity index is 590. The molecular formula is C14H11NOS2. The molecule has 0 aliphatic heterocycles. The Morgan fingerprint density at radius 2 is 1.72 bits per heavy atom. The van der Waals surface area contributed by atoms with Crippen molar-refractivity contribution in [2.45, 2.75) is 9.79 Å². The third-order valence-electron chi connectivity index (χ3n) is 2.31. The van der Waals surface area contributed by atoms with Gasteiger partial charge < -0.3 is 0 Å². The van der Waals surface area contributed by atoms with Crippen LogP contribution in [0.5, 0.6) is 0 Å². The Hall–Kier alpha value is -1.57. The van der Waals surface area contributed by atoms with Gasteiger partial charge in [0.25, 0.3) is 0 Å². The van der Waals surface area contributed by atoms with Crippen molar-refractivity contribution in [2.75, 3.05) is 5.08 Å². The lowest BCUT2D eigenvalue weighted by Gasteiger charge is -2.04. The summed E-state index contributed by atoms with van der Waals surface area (Å²) in [5, 5.41) is 0.469. The number of rotatable bonds is 4. The molecule has 2 rings (SSSR count). The SMILES string of the molecule is [C-]#[N+]c1ccccc1SCS(=O)c1ccccc1. The first-order valence-electron chi connectivity index (χ1n) is 5.34. The summed E-state index contributed by atoms with van der Waals surface area (Å²) in [6.45, 7) is 7.07. The fourth-order valence-electron chi connectivity index (χ4n) is 1.43. The molecule has 1 atom stereocenters. The minimum atomic E-state index is -1.03. The zero-order chi connectivity index (χ0) is 12.8. The lowest BCUT2D eigenvalue weighted by atomic mass is 10.3. The highest BCUT2D eigenvalue weighted by molar-refractivity contribution is 8.10. The van der Waals surface area contributed by atoms with Gasteiger partial charge in [0.05, 0.1) is 22.5 Å². The number of thioether (sulfide) groups is 1. The van der Waals surface area contributed by atoms with Crippen LogP contribution in [0.25, 0.3) is 4.85 Å². The molecule has 0 bridgehead atoms. The summed E-state index contributed by atoms with van der Waals surface area (Å²) in [6.07, 6.45) is 0. The Morgan fingerprint density at radius 1 is 1.06 bits per heavy atom. The molecule has 0 heterocycles. The van der Waals surface area contributed by atoms with Gasteiger partial charge in [-0.25, -0.2) is 4.85 Å². The lowest BCUT2D eigenvalue weighted by Crippen LogP contribution is -1.93. The summed E-state index contributed by atoms with van der Waals surface area (Å²) in [5.41, 5.74) is 0.618. The second-order valence-corrected chi connectivity index (χ2v) is 6.33. The minimum absolute atomic E-state index is 0.469. The third-order valence-corrected chi connectivity index (χ3v) is 5.10. The van der Waals surface area contributed by atoms with E-state index in [9.17, 15) is 4.21 Å². The summed E-state index contributed by atoms with van der Waals surface area (Å²) in [4.78, 5) is 5.16. The zero-order valence-electron chi connectivity index (χ0n) is 9.58. The molecule has 0 fully saturated rings. The minimum Gasteiger partial charge on any atom is -0.253 e. The topological polar surface area (TPSA) is 21.4 Å². The van der Waals surface area contributed by atoms with Gasteiger partial charge >= 0.3 is 0 Å². The highest BCUT2D eigenvalue weighted by atomic mass is 32.2. The van der Waals surface area contributed by atoms with E-state index in [1.807, 2.05) is 48.5 Å². The molecule has 90 valence electrons. The van der Waals surface area contributed by atoms with Crippen LogP contribution in [0.15, 0.2) is 64.4 Å². The first kappa shape index (κ1) is 12.9. The molecule has 0 amide bonds. The molecule has 0 saturated heterocycles. The Labute approximate surface area is 113 Å². The standard InChI is InChI=1S/C14H11NOS2/c1-15-13-9-5-6-10-14(13)17-11-18(16)12-7-3-2-4-8-12/h2-10H,11H2. The zero-order valence-corrected chi connectivity index (χ0v) is 11.2. The van der Waals surface area contributed by atoms with Gasteiger partial charge in [0, 0.05) is 9.79 Å². The number of hydrogen-bond donors (Lipinski definition) is 0. The van der Waals surface area contributed by atoms with Gasteiger partial charge in [0.1, 0.15) is 0 Å². The molecule has 0 aromatic heterocycles. The lowest BCUT2D eigenvalue weighted by molar-refractivity contribution is 0.686. The van der Waals surface area contributed by atoms with Gasteiger partial charge in [0.2, 0.25) is 5.69 Å². The monoisotopic (exact) mass is 273 g/mol. The predicted molar refractivity (Wildman–Crippen MR) is 76.3 cm³/mol. The van der Waals surface area contributed by atoms with Crippen LogP contribution >= 0.6 is 11.8 Å². The molecule has 0 spiro atoms. The molecule has 2 aromatic rings. The Morgan fingerprint density at radius 3 is 2.44 bits per heavy atom. The molecule has 0 aliphatic rings. The van der Waals surface area contributed by atoms with Gasteiger partial charge in [-0.15, -0.1) is 11.8 Å². The molecule has 0 aliphatic carbocycles. The fourth-order valence-corrected chi connectivity index (χ4v) is 3.81. The van der Waals surface area contributed by atoms with Gasteiger partial charge in [-0.05, 0) is 12.1 Å². The number of para-hydroxylation sites is 1. The molecule has 2 aromatic carbocycles. The van der Waals surface area contributed by atoms with Crippen molar-refractivity contribution in [1.29, 1.82) is 0 Å². The molecule has 0 N–H and O–H groups in total.